The fourth-order valence-corrected chi connectivity index (χ4v) is 3.03. The molecule has 0 aliphatic heterocycles. The minimum atomic E-state index is 0.671. The van der Waals surface area contributed by atoms with Gasteiger partial charge in [0.05, 0.1) is 0 Å². The monoisotopic (exact) mass is 396 g/mol. The Labute approximate surface area is 177 Å². The molecule has 0 unspecified atom stereocenters. The SMILES string of the molecule is Cc1ccc(C=C(NC=O)c2ccc(C(=Cc3ccc(C)cc3)NC=O)cc2)cc1. The lowest BCUT2D eigenvalue weighted by Gasteiger charge is -2.10. The zero-order valence-corrected chi connectivity index (χ0v) is 17.1. The van der Waals surface area contributed by atoms with Crippen molar-refractivity contribution < 1.29 is 9.59 Å². The van der Waals surface area contributed by atoms with E-state index >= 15 is 0 Å². The van der Waals surface area contributed by atoms with Crippen LogP contribution in [0.3, 0.4) is 0 Å². The summed E-state index contributed by atoms with van der Waals surface area (Å²) in [6.07, 6.45) is 5.19. The quantitative estimate of drug-likeness (QED) is 0.425. The molecule has 0 heterocycles. The highest BCUT2D eigenvalue weighted by atomic mass is 16.1. The van der Waals surface area contributed by atoms with Crippen molar-refractivity contribution in [3.8, 4) is 0 Å². The van der Waals surface area contributed by atoms with Crippen LogP contribution in [0.4, 0.5) is 0 Å². The largest absolute Gasteiger partial charge is 0.328 e. The van der Waals surface area contributed by atoms with Gasteiger partial charge in [0.25, 0.3) is 0 Å². The van der Waals surface area contributed by atoms with Crippen LogP contribution >= 0.6 is 0 Å². The summed E-state index contributed by atoms with van der Waals surface area (Å²) >= 11 is 0. The van der Waals surface area contributed by atoms with E-state index in [0.717, 1.165) is 22.3 Å². The maximum Gasteiger partial charge on any atom is 0.211 e. The second-order valence-electron chi connectivity index (χ2n) is 7.04. The third-order valence-electron chi connectivity index (χ3n) is 4.71. The van der Waals surface area contributed by atoms with Gasteiger partial charge in [-0.25, -0.2) is 0 Å². The second kappa shape index (κ2) is 10.0. The van der Waals surface area contributed by atoms with Crippen LogP contribution in [0.2, 0.25) is 0 Å². The van der Waals surface area contributed by atoms with Gasteiger partial charge in [0, 0.05) is 11.4 Å². The third kappa shape index (κ3) is 5.55. The lowest BCUT2D eigenvalue weighted by Crippen LogP contribution is -2.10. The fourth-order valence-electron chi connectivity index (χ4n) is 3.03. The van der Waals surface area contributed by atoms with Gasteiger partial charge in [-0.05, 0) is 48.3 Å². The maximum absolute atomic E-state index is 11.1. The number of nitrogens with one attached hydrogen (secondary N) is 2. The van der Waals surface area contributed by atoms with Crippen molar-refractivity contribution in [1.82, 2.24) is 10.6 Å². The molecule has 150 valence electrons. The Bertz CT molecular complexity index is 973. The first-order valence-electron chi connectivity index (χ1n) is 9.67. The molecule has 0 aliphatic rings. The van der Waals surface area contributed by atoms with Crippen molar-refractivity contribution in [2.75, 3.05) is 0 Å². The summed E-state index contributed by atoms with van der Waals surface area (Å²) in [6.45, 7) is 4.07. The van der Waals surface area contributed by atoms with E-state index in [4.69, 9.17) is 0 Å². The Kier molecular flexibility index (Phi) is 6.95. The molecule has 0 atom stereocenters. The predicted octanol–water partition coefficient (Wildman–Crippen LogP) is 4.79. The lowest BCUT2D eigenvalue weighted by molar-refractivity contribution is -0.109. The molecule has 0 saturated heterocycles. The Morgan fingerprint density at radius 2 is 0.900 bits per heavy atom. The molecule has 2 N–H and O–H groups in total. The molecule has 4 nitrogen and oxygen atoms in total. The van der Waals surface area contributed by atoms with E-state index in [2.05, 4.69) is 10.6 Å². The summed E-state index contributed by atoms with van der Waals surface area (Å²) in [5.74, 6) is 0. The van der Waals surface area contributed by atoms with Gasteiger partial charge in [0.1, 0.15) is 0 Å². The number of benzene rings is 3. The molecule has 30 heavy (non-hydrogen) atoms. The maximum atomic E-state index is 11.1. The van der Waals surface area contributed by atoms with Crippen molar-refractivity contribution in [2.45, 2.75) is 13.8 Å². The zero-order chi connectivity index (χ0) is 21.3. The molecule has 0 bridgehead atoms. The molecule has 4 heteroatoms. The van der Waals surface area contributed by atoms with Crippen LogP contribution in [0.1, 0.15) is 33.4 Å². The predicted molar refractivity (Wildman–Crippen MR) is 123 cm³/mol. The number of hydrogen-bond donors (Lipinski definition) is 2. The highest BCUT2D eigenvalue weighted by Crippen LogP contribution is 2.21. The molecule has 2 amide bonds. The van der Waals surface area contributed by atoms with E-state index in [1.807, 2.05) is 98.8 Å². The fraction of sp³-hybridized carbons (Fsp3) is 0.0769. The molecule has 0 spiro atoms. The minimum Gasteiger partial charge on any atom is -0.328 e. The van der Waals surface area contributed by atoms with Crippen LogP contribution in [0, 0.1) is 13.8 Å². The van der Waals surface area contributed by atoms with Crippen LogP contribution in [-0.2, 0) is 9.59 Å². The topological polar surface area (TPSA) is 58.2 Å². The number of carbonyl (C=O) groups is 2. The van der Waals surface area contributed by atoms with Crippen LogP contribution in [0.25, 0.3) is 23.5 Å². The van der Waals surface area contributed by atoms with E-state index < -0.39 is 0 Å². The molecular formula is C26H24N2O2. The lowest BCUT2D eigenvalue weighted by atomic mass is 10.0. The molecule has 3 aromatic carbocycles. The minimum absolute atomic E-state index is 0.671. The molecule has 0 fully saturated rings. The summed E-state index contributed by atoms with van der Waals surface area (Å²) in [5.41, 5.74) is 7.49. The number of hydrogen-bond acceptors (Lipinski definition) is 2. The second-order valence-corrected chi connectivity index (χ2v) is 7.04. The van der Waals surface area contributed by atoms with E-state index in [-0.39, 0.29) is 0 Å². The highest BCUT2D eigenvalue weighted by molar-refractivity contribution is 5.88. The Balaban J connectivity index is 1.91. The summed E-state index contributed by atoms with van der Waals surface area (Å²) in [7, 11) is 0. The van der Waals surface area contributed by atoms with Gasteiger partial charge in [-0.15, -0.1) is 0 Å². The average Bonchev–Trinajstić information content (AvgIpc) is 2.76. The van der Waals surface area contributed by atoms with Gasteiger partial charge >= 0.3 is 0 Å². The molecule has 0 radical (unpaired) electrons. The smallest absolute Gasteiger partial charge is 0.211 e. The summed E-state index contributed by atoms with van der Waals surface area (Å²) < 4.78 is 0. The number of rotatable bonds is 8. The van der Waals surface area contributed by atoms with Gasteiger partial charge < -0.3 is 10.6 Å². The van der Waals surface area contributed by atoms with Gasteiger partial charge in [-0.2, -0.15) is 0 Å². The summed E-state index contributed by atoms with van der Waals surface area (Å²) in [5, 5.41) is 5.55. The van der Waals surface area contributed by atoms with Crippen molar-refractivity contribution in [2.24, 2.45) is 0 Å². The van der Waals surface area contributed by atoms with E-state index in [1.54, 1.807) is 0 Å². The van der Waals surface area contributed by atoms with Crippen LogP contribution < -0.4 is 10.6 Å². The summed E-state index contributed by atoms with van der Waals surface area (Å²) in [6, 6.07) is 23.8. The normalized spacial score (nSPS) is 11.7. The number of aryl methyl sites for hydroxylation is 2. The summed E-state index contributed by atoms with van der Waals surface area (Å²) in [4.78, 5) is 22.2. The average molecular weight is 396 g/mol. The van der Waals surface area contributed by atoms with E-state index in [0.29, 0.717) is 24.2 Å². The zero-order valence-electron chi connectivity index (χ0n) is 17.1. The highest BCUT2D eigenvalue weighted by Gasteiger charge is 2.05. The van der Waals surface area contributed by atoms with Crippen molar-refractivity contribution in [3.05, 3.63) is 106 Å². The first-order valence-corrected chi connectivity index (χ1v) is 9.67. The Hall–Kier alpha value is -3.92. The molecule has 3 rings (SSSR count). The van der Waals surface area contributed by atoms with Crippen LogP contribution in [0.5, 0.6) is 0 Å². The molecule has 0 aliphatic carbocycles. The molecular weight excluding hydrogens is 372 g/mol. The van der Waals surface area contributed by atoms with Gasteiger partial charge in [-0.3, -0.25) is 9.59 Å². The molecule has 3 aromatic rings. The van der Waals surface area contributed by atoms with Crippen LogP contribution in [-0.4, -0.2) is 12.8 Å². The van der Waals surface area contributed by atoms with Crippen molar-refractivity contribution >= 4 is 36.4 Å². The van der Waals surface area contributed by atoms with Crippen molar-refractivity contribution in [1.29, 1.82) is 0 Å². The molecule has 0 aromatic heterocycles. The first kappa shape index (κ1) is 20.8. The Morgan fingerprint density at radius 1 is 0.567 bits per heavy atom. The van der Waals surface area contributed by atoms with Gasteiger partial charge in [0.15, 0.2) is 0 Å². The number of amides is 2. The van der Waals surface area contributed by atoms with E-state index in [1.165, 1.54) is 11.1 Å². The Morgan fingerprint density at radius 3 is 1.20 bits per heavy atom. The molecule has 0 saturated carbocycles. The van der Waals surface area contributed by atoms with Gasteiger partial charge in [-0.1, -0.05) is 83.9 Å². The third-order valence-corrected chi connectivity index (χ3v) is 4.71. The van der Waals surface area contributed by atoms with Gasteiger partial charge in [0.2, 0.25) is 12.8 Å². The van der Waals surface area contributed by atoms with E-state index in [9.17, 15) is 9.59 Å². The van der Waals surface area contributed by atoms with Crippen molar-refractivity contribution in [3.63, 3.8) is 0 Å². The van der Waals surface area contributed by atoms with Crippen LogP contribution in [0.15, 0.2) is 72.8 Å². The first-order chi connectivity index (χ1) is 14.6. The number of carbonyl (C=O) groups excluding carboxylic acids is 2. The standard InChI is InChI=1S/C26H24N2O2/c1-19-3-7-21(8-4-19)15-25(27-17-29)23-11-13-24(14-12-23)26(28-18-30)16-22-9-5-20(2)6-10-22/h3-18H,1-2H3,(H,27,29)(H,28,30).